The van der Waals surface area contributed by atoms with Crippen molar-refractivity contribution in [3.8, 4) is 5.88 Å². The van der Waals surface area contributed by atoms with Gasteiger partial charge in [-0.1, -0.05) is 32.6 Å². The summed E-state index contributed by atoms with van der Waals surface area (Å²) < 4.78 is 6.34. The molecule has 0 N–H and O–H groups in total. The molecule has 15 heavy (non-hydrogen) atoms. The Morgan fingerprint density at radius 2 is 2.07 bits per heavy atom. The maximum Gasteiger partial charge on any atom is 0.231 e. The Balaban J connectivity index is 2.12. The molecule has 1 rings (SSSR count). The molecule has 0 atom stereocenters. The number of ether oxygens (including phenoxy) is 1. The topological polar surface area (TPSA) is 35.0 Å². The van der Waals surface area contributed by atoms with Crippen LogP contribution in [0.25, 0.3) is 0 Å². The highest BCUT2D eigenvalue weighted by Gasteiger charge is 2.00. The van der Waals surface area contributed by atoms with Gasteiger partial charge in [-0.2, -0.15) is 0 Å². The summed E-state index contributed by atoms with van der Waals surface area (Å²) in [6.07, 6.45) is 9.41. The maximum absolute atomic E-state index is 5.52. The van der Waals surface area contributed by atoms with Crippen molar-refractivity contribution in [2.24, 2.45) is 0 Å². The second kappa shape index (κ2) is 7.63. The van der Waals surface area contributed by atoms with Crippen LogP contribution in [0.2, 0.25) is 0 Å². The molecule has 3 nitrogen and oxygen atoms in total. The van der Waals surface area contributed by atoms with Gasteiger partial charge >= 0.3 is 0 Å². The number of aromatic nitrogens is 2. The molecule has 0 aliphatic rings. The normalized spacial score (nSPS) is 10.3. The van der Waals surface area contributed by atoms with Gasteiger partial charge in [0.25, 0.3) is 0 Å². The van der Waals surface area contributed by atoms with E-state index >= 15 is 0 Å². The highest BCUT2D eigenvalue weighted by atomic mass is 79.9. The largest absolute Gasteiger partial charge is 0.477 e. The molecule has 1 aromatic heterocycles. The smallest absolute Gasteiger partial charge is 0.231 e. The molecular formula is C11H17BrN2O. The Kier molecular flexibility index (Phi) is 6.32. The minimum Gasteiger partial charge on any atom is -0.477 e. The van der Waals surface area contributed by atoms with Gasteiger partial charge in [-0.25, -0.2) is 9.97 Å². The summed E-state index contributed by atoms with van der Waals surface area (Å²) in [5, 5.41) is 0. The van der Waals surface area contributed by atoms with Gasteiger partial charge in [-0.05, 0) is 22.4 Å². The van der Waals surface area contributed by atoms with Crippen LogP contribution in [-0.4, -0.2) is 16.6 Å². The zero-order chi connectivity index (χ0) is 10.9. The zero-order valence-corrected chi connectivity index (χ0v) is 10.7. The summed E-state index contributed by atoms with van der Waals surface area (Å²) in [5.74, 6) is 0.639. The van der Waals surface area contributed by atoms with Gasteiger partial charge in [0.05, 0.1) is 11.1 Å². The van der Waals surface area contributed by atoms with E-state index in [1.54, 1.807) is 6.20 Å². The van der Waals surface area contributed by atoms with E-state index in [9.17, 15) is 0 Å². The highest BCUT2D eigenvalue weighted by Crippen LogP contribution is 2.19. The van der Waals surface area contributed by atoms with Gasteiger partial charge in [-0.15, -0.1) is 0 Å². The lowest BCUT2D eigenvalue weighted by atomic mass is 10.2. The van der Waals surface area contributed by atoms with Crippen LogP contribution in [-0.2, 0) is 0 Å². The molecule has 0 spiro atoms. The number of unbranched alkanes of at least 4 members (excludes halogenated alkanes) is 4. The summed E-state index contributed by atoms with van der Waals surface area (Å²) in [4.78, 5) is 7.91. The summed E-state index contributed by atoms with van der Waals surface area (Å²) in [7, 11) is 0. The standard InChI is InChI=1S/C11H17BrN2O/c1-2-3-4-5-6-7-15-11-10(12)8-13-9-14-11/h8-9H,2-7H2,1H3. The van der Waals surface area contributed by atoms with Crippen LogP contribution in [0, 0.1) is 0 Å². The van der Waals surface area contributed by atoms with Crippen molar-refractivity contribution in [3.63, 3.8) is 0 Å². The van der Waals surface area contributed by atoms with Crippen LogP contribution in [0.15, 0.2) is 17.0 Å². The monoisotopic (exact) mass is 272 g/mol. The molecule has 4 heteroatoms. The van der Waals surface area contributed by atoms with Crippen LogP contribution in [0.5, 0.6) is 5.88 Å². The van der Waals surface area contributed by atoms with Gasteiger partial charge in [0.15, 0.2) is 0 Å². The molecule has 0 bridgehead atoms. The minimum atomic E-state index is 0.639. The summed E-state index contributed by atoms with van der Waals surface area (Å²) in [6.45, 7) is 2.95. The van der Waals surface area contributed by atoms with Crippen molar-refractivity contribution < 1.29 is 4.74 Å². The van der Waals surface area contributed by atoms with Gasteiger partial charge in [0.1, 0.15) is 6.33 Å². The summed E-state index contributed by atoms with van der Waals surface area (Å²) in [5.41, 5.74) is 0. The Morgan fingerprint density at radius 1 is 1.27 bits per heavy atom. The molecule has 0 aliphatic heterocycles. The van der Waals surface area contributed by atoms with Crippen molar-refractivity contribution in [2.45, 2.75) is 39.0 Å². The van der Waals surface area contributed by atoms with Crippen LogP contribution in [0.4, 0.5) is 0 Å². The predicted molar refractivity (Wildman–Crippen MR) is 64.0 cm³/mol. The van der Waals surface area contributed by atoms with Crippen LogP contribution >= 0.6 is 15.9 Å². The number of hydrogen-bond donors (Lipinski definition) is 0. The van der Waals surface area contributed by atoms with Crippen molar-refractivity contribution in [3.05, 3.63) is 17.0 Å². The van der Waals surface area contributed by atoms with Crippen molar-refractivity contribution in [1.82, 2.24) is 9.97 Å². The second-order valence-corrected chi connectivity index (χ2v) is 4.29. The molecule has 0 aromatic carbocycles. The molecule has 0 unspecified atom stereocenters. The fourth-order valence-electron chi connectivity index (χ4n) is 1.28. The summed E-state index contributed by atoms with van der Waals surface area (Å²) >= 11 is 3.34. The average molecular weight is 273 g/mol. The van der Waals surface area contributed by atoms with Crippen molar-refractivity contribution >= 4 is 15.9 Å². The molecule has 0 radical (unpaired) electrons. The number of nitrogens with zero attached hydrogens (tertiary/aromatic N) is 2. The fraction of sp³-hybridized carbons (Fsp3) is 0.636. The first-order valence-electron chi connectivity index (χ1n) is 5.43. The first kappa shape index (κ1) is 12.4. The molecule has 1 heterocycles. The lowest BCUT2D eigenvalue weighted by molar-refractivity contribution is 0.291. The third-order valence-corrected chi connectivity index (χ3v) is 2.66. The van der Waals surface area contributed by atoms with E-state index in [1.165, 1.54) is 32.0 Å². The molecule has 0 aliphatic carbocycles. The number of halogens is 1. The SMILES string of the molecule is CCCCCCCOc1ncncc1Br. The first-order valence-corrected chi connectivity index (χ1v) is 6.22. The number of rotatable bonds is 7. The lowest BCUT2D eigenvalue weighted by Gasteiger charge is -2.05. The molecule has 84 valence electrons. The fourth-order valence-corrected chi connectivity index (χ4v) is 1.62. The van der Waals surface area contributed by atoms with Crippen LogP contribution < -0.4 is 4.74 Å². The highest BCUT2D eigenvalue weighted by molar-refractivity contribution is 9.10. The van der Waals surface area contributed by atoms with Gasteiger partial charge in [0.2, 0.25) is 5.88 Å². The maximum atomic E-state index is 5.52. The second-order valence-electron chi connectivity index (χ2n) is 3.44. The van der Waals surface area contributed by atoms with Crippen molar-refractivity contribution in [2.75, 3.05) is 6.61 Å². The predicted octanol–water partition coefficient (Wildman–Crippen LogP) is 3.59. The molecule has 0 amide bonds. The Labute approximate surface area is 99.4 Å². The average Bonchev–Trinajstić information content (AvgIpc) is 2.25. The van der Waals surface area contributed by atoms with Gasteiger partial charge < -0.3 is 4.74 Å². The lowest BCUT2D eigenvalue weighted by Crippen LogP contribution is -2.00. The molecule has 1 aromatic rings. The van der Waals surface area contributed by atoms with Crippen molar-refractivity contribution in [1.29, 1.82) is 0 Å². The first-order chi connectivity index (χ1) is 7.34. The van der Waals surface area contributed by atoms with E-state index in [1.807, 2.05) is 0 Å². The van der Waals surface area contributed by atoms with E-state index in [2.05, 4.69) is 32.8 Å². The quantitative estimate of drug-likeness (QED) is 0.712. The van der Waals surface area contributed by atoms with Gasteiger partial charge in [-0.3, -0.25) is 0 Å². The van der Waals surface area contributed by atoms with Gasteiger partial charge in [0, 0.05) is 6.20 Å². The van der Waals surface area contributed by atoms with E-state index in [-0.39, 0.29) is 0 Å². The Morgan fingerprint density at radius 3 is 2.80 bits per heavy atom. The molecule has 0 fully saturated rings. The van der Waals surface area contributed by atoms with Crippen LogP contribution in [0.3, 0.4) is 0 Å². The zero-order valence-electron chi connectivity index (χ0n) is 9.08. The number of hydrogen-bond acceptors (Lipinski definition) is 3. The molecular weight excluding hydrogens is 256 g/mol. The summed E-state index contributed by atoms with van der Waals surface area (Å²) in [6, 6.07) is 0. The molecule has 0 saturated carbocycles. The Hall–Kier alpha value is -0.640. The molecule has 0 saturated heterocycles. The third kappa shape index (κ3) is 5.11. The van der Waals surface area contributed by atoms with E-state index in [0.29, 0.717) is 5.88 Å². The van der Waals surface area contributed by atoms with E-state index in [4.69, 9.17) is 4.74 Å². The minimum absolute atomic E-state index is 0.639. The third-order valence-electron chi connectivity index (χ3n) is 2.12. The van der Waals surface area contributed by atoms with Crippen LogP contribution in [0.1, 0.15) is 39.0 Å². The van der Waals surface area contributed by atoms with E-state index in [0.717, 1.165) is 17.5 Å². The van der Waals surface area contributed by atoms with E-state index < -0.39 is 0 Å². The Bertz CT molecular complexity index is 281.